The molecule has 0 aromatic heterocycles. The van der Waals surface area contributed by atoms with E-state index in [0.29, 0.717) is 0 Å². The molecule has 0 saturated heterocycles. The minimum atomic E-state index is -1.39. The van der Waals surface area contributed by atoms with Gasteiger partial charge in [-0.1, -0.05) is 111 Å². The van der Waals surface area contributed by atoms with Crippen molar-refractivity contribution in [1.29, 1.82) is 0 Å². The van der Waals surface area contributed by atoms with Crippen LogP contribution in [0.2, 0.25) is 0 Å². The molecule has 3 heteroatoms. The molecule has 0 aliphatic heterocycles. The standard InChI is InChI=1S/C20H23Cl3/c1-5-14-6-8-15(9-7-14)18(20(21,22)23)16-10-12-17(13-11-16)19(2,3)4/h6-13,18H,5H2,1-4H3. The first kappa shape index (κ1) is 18.6. The van der Waals surface area contributed by atoms with Gasteiger partial charge in [0.2, 0.25) is 3.79 Å². The van der Waals surface area contributed by atoms with Gasteiger partial charge in [-0.15, -0.1) is 0 Å². The Morgan fingerprint density at radius 2 is 1.22 bits per heavy atom. The number of halogens is 3. The lowest BCUT2D eigenvalue weighted by molar-refractivity contribution is 0.589. The summed E-state index contributed by atoms with van der Waals surface area (Å²) >= 11 is 18.9. The van der Waals surface area contributed by atoms with Gasteiger partial charge in [0.05, 0.1) is 5.92 Å². The second-order valence-corrected chi connectivity index (χ2v) is 9.31. The zero-order valence-corrected chi connectivity index (χ0v) is 16.3. The minimum Gasteiger partial charge on any atom is -0.0826 e. The number of alkyl halides is 3. The molecule has 0 spiro atoms. The molecule has 23 heavy (non-hydrogen) atoms. The van der Waals surface area contributed by atoms with Crippen LogP contribution in [0.15, 0.2) is 48.5 Å². The van der Waals surface area contributed by atoms with Gasteiger partial charge in [-0.3, -0.25) is 0 Å². The van der Waals surface area contributed by atoms with Crippen LogP contribution in [0.4, 0.5) is 0 Å². The highest BCUT2D eigenvalue weighted by molar-refractivity contribution is 6.68. The van der Waals surface area contributed by atoms with E-state index >= 15 is 0 Å². The third-order valence-corrected chi connectivity index (χ3v) is 4.81. The van der Waals surface area contributed by atoms with Crippen LogP contribution < -0.4 is 0 Å². The molecule has 124 valence electrons. The second kappa shape index (κ2) is 7.05. The summed E-state index contributed by atoms with van der Waals surface area (Å²) in [4.78, 5) is 0. The van der Waals surface area contributed by atoms with Gasteiger partial charge in [0.15, 0.2) is 0 Å². The Balaban J connectivity index is 2.43. The molecule has 0 saturated carbocycles. The highest BCUT2D eigenvalue weighted by atomic mass is 35.6. The Labute approximate surface area is 154 Å². The van der Waals surface area contributed by atoms with Gasteiger partial charge < -0.3 is 0 Å². The van der Waals surface area contributed by atoms with Crippen molar-refractivity contribution in [2.24, 2.45) is 0 Å². The maximum absolute atomic E-state index is 6.30. The third kappa shape index (κ3) is 4.66. The molecular formula is C20H23Cl3. The molecule has 0 fully saturated rings. The summed E-state index contributed by atoms with van der Waals surface area (Å²) < 4.78 is -1.39. The average molecular weight is 370 g/mol. The number of aryl methyl sites for hydroxylation is 1. The fourth-order valence-corrected chi connectivity index (χ4v) is 3.45. The van der Waals surface area contributed by atoms with Crippen molar-refractivity contribution < 1.29 is 0 Å². The number of rotatable bonds is 3. The first-order chi connectivity index (χ1) is 10.6. The van der Waals surface area contributed by atoms with Gasteiger partial charge >= 0.3 is 0 Å². The number of hydrogen-bond acceptors (Lipinski definition) is 0. The SMILES string of the molecule is CCc1ccc(C(c2ccc(C(C)(C)C)cc2)C(Cl)(Cl)Cl)cc1. The molecule has 0 nitrogen and oxygen atoms in total. The summed E-state index contributed by atoms with van der Waals surface area (Å²) in [7, 11) is 0. The van der Waals surface area contributed by atoms with E-state index < -0.39 is 3.79 Å². The van der Waals surface area contributed by atoms with Crippen LogP contribution in [0, 0.1) is 0 Å². The highest BCUT2D eigenvalue weighted by Gasteiger charge is 2.35. The van der Waals surface area contributed by atoms with Gasteiger partial charge in [0.25, 0.3) is 0 Å². The summed E-state index contributed by atoms with van der Waals surface area (Å²) in [5.41, 5.74) is 4.69. The van der Waals surface area contributed by atoms with E-state index in [0.717, 1.165) is 17.5 Å². The van der Waals surface area contributed by atoms with Crippen molar-refractivity contribution in [3.63, 3.8) is 0 Å². The van der Waals surface area contributed by atoms with Crippen molar-refractivity contribution >= 4 is 34.8 Å². The fraction of sp³-hybridized carbons (Fsp3) is 0.400. The minimum absolute atomic E-state index is 0.108. The van der Waals surface area contributed by atoms with Crippen LogP contribution in [0.3, 0.4) is 0 Å². The Morgan fingerprint density at radius 1 is 0.783 bits per heavy atom. The van der Waals surface area contributed by atoms with Crippen molar-refractivity contribution in [3.05, 3.63) is 70.8 Å². The van der Waals surface area contributed by atoms with Crippen LogP contribution >= 0.6 is 34.8 Å². The first-order valence-corrected chi connectivity index (χ1v) is 9.02. The molecule has 0 bridgehead atoms. The topological polar surface area (TPSA) is 0 Å². The Hall–Kier alpha value is -0.690. The summed E-state index contributed by atoms with van der Waals surface area (Å²) in [5.74, 6) is -0.285. The zero-order valence-electron chi connectivity index (χ0n) is 14.0. The van der Waals surface area contributed by atoms with Crippen molar-refractivity contribution in [2.45, 2.75) is 49.2 Å². The Bertz CT molecular complexity index is 629. The molecule has 0 N–H and O–H groups in total. The van der Waals surface area contributed by atoms with Gasteiger partial charge in [-0.05, 0) is 34.1 Å². The van der Waals surface area contributed by atoms with Gasteiger partial charge in [-0.2, -0.15) is 0 Å². The van der Waals surface area contributed by atoms with Crippen LogP contribution in [-0.2, 0) is 11.8 Å². The lowest BCUT2D eigenvalue weighted by Crippen LogP contribution is -2.19. The molecule has 0 aliphatic rings. The Morgan fingerprint density at radius 3 is 1.57 bits per heavy atom. The quantitative estimate of drug-likeness (QED) is 0.508. The van der Waals surface area contributed by atoms with Crippen LogP contribution in [0.25, 0.3) is 0 Å². The van der Waals surface area contributed by atoms with Crippen LogP contribution in [0.1, 0.15) is 55.9 Å². The molecule has 1 atom stereocenters. The maximum atomic E-state index is 6.30. The molecule has 0 radical (unpaired) electrons. The van der Waals surface area contributed by atoms with E-state index in [1.807, 2.05) is 0 Å². The largest absolute Gasteiger partial charge is 0.201 e. The van der Waals surface area contributed by atoms with E-state index in [1.54, 1.807) is 0 Å². The van der Waals surface area contributed by atoms with E-state index in [4.69, 9.17) is 34.8 Å². The smallest absolute Gasteiger partial charge is 0.0826 e. The van der Waals surface area contributed by atoms with Crippen molar-refractivity contribution in [1.82, 2.24) is 0 Å². The molecule has 0 aliphatic carbocycles. The average Bonchev–Trinajstić information content (AvgIpc) is 2.46. The predicted octanol–water partition coefficient (Wildman–Crippen LogP) is 7.05. The molecule has 2 rings (SSSR count). The van der Waals surface area contributed by atoms with Crippen molar-refractivity contribution in [3.8, 4) is 0 Å². The predicted molar refractivity (Wildman–Crippen MR) is 103 cm³/mol. The first-order valence-electron chi connectivity index (χ1n) is 7.89. The van der Waals surface area contributed by atoms with E-state index in [-0.39, 0.29) is 11.3 Å². The molecular weight excluding hydrogens is 347 g/mol. The van der Waals surface area contributed by atoms with Gasteiger partial charge in [0, 0.05) is 0 Å². The van der Waals surface area contributed by atoms with E-state index in [2.05, 4.69) is 76.2 Å². The zero-order chi connectivity index (χ0) is 17.3. The molecule has 1 unspecified atom stereocenters. The molecule has 0 heterocycles. The van der Waals surface area contributed by atoms with E-state index in [1.165, 1.54) is 11.1 Å². The lowest BCUT2D eigenvalue weighted by Gasteiger charge is -2.27. The summed E-state index contributed by atoms with van der Waals surface area (Å²) in [5, 5.41) is 0. The fourth-order valence-electron chi connectivity index (χ4n) is 2.69. The van der Waals surface area contributed by atoms with Crippen molar-refractivity contribution in [2.75, 3.05) is 0 Å². The summed E-state index contributed by atoms with van der Waals surface area (Å²) in [6.45, 7) is 8.71. The van der Waals surface area contributed by atoms with Gasteiger partial charge in [0.1, 0.15) is 0 Å². The highest BCUT2D eigenvalue weighted by Crippen LogP contribution is 2.46. The second-order valence-electron chi connectivity index (χ2n) is 6.94. The summed E-state index contributed by atoms with van der Waals surface area (Å²) in [6.07, 6.45) is 0.999. The third-order valence-electron chi connectivity index (χ3n) is 4.16. The molecule has 2 aromatic carbocycles. The summed E-state index contributed by atoms with van der Waals surface area (Å²) in [6, 6.07) is 16.7. The number of benzene rings is 2. The number of hydrogen-bond donors (Lipinski definition) is 0. The van der Waals surface area contributed by atoms with Crippen LogP contribution in [-0.4, -0.2) is 3.79 Å². The Kier molecular flexibility index (Phi) is 5.72. The maximum Gasteiger partial charge on any atom is 0.201 e. The van der Waals surface area contributed by atoms with Crippen LogP contribution in [0.5, 0.6) is 0 Å². The lowest BCUT2D eigenvalue weighted by atomic mass is 9.84. The molecule has 2 aromatic rings. The van der Waals surface area contributed by atoms with E-state index in [9.17, 15) is 0 Å². The molecule has 0 amide bonds. The monoisotopic (exact) mass is 368 g/mol. The normalized spacial score (nSPS) is 13.9. The van der Waals surface area contributed by atoms with Gasteiger partial charge in [-0.25, -0.2) is 0 Å².